The van der Waals surface area contributed by atoms with E-state index in [1.54, 1.807) is 0 Å². The first-order valence-corrected chi connectivity index (χ1v) is 3.26. The van der Waals surface area contributed by atoms with Crippen LogP contribution in [0.1, 0.15) is 20.3 Å². The maximum absolute atomic E-state index is 4.17. The first-order chi connectivity index (χ1) is 3.81. The molecule has 0 heterocycles. The average molecular weight is 128 g/mol. The van der Waals surface area contributed by atoms with Gasteiger partial charge in [-0.25, -0.2) is 0 Å². The van der Waals surface area contributed by atoms with Crippen LogP contribution in [-0.2, 0) is 0 Å². The molecule has 0 unspecified atom stereocenters. The fourth-order valence-corrected chi connectivity index (χ4v) is 0.411. The lowest BCUT2D eigenvalue weighted by molar-refractivity contribution is 1.20. The summed E-state index contributed by atoms with van der Waals surface area (Å²) in [5.74, 6) is 0. The molecule has 0 bridgehead atoms. The van der Waals surface area contributed by atoms with Crippen LogP contribution in [0, 0.1) is 0 Å². The van der Waals surface area contributed by atoms with Crippen molar-refractivity contribution in [2.45, 2.75) is 20.3 Å². The zero-order valence-electron chi connectivity index (χ0n) is 5.39. The van der Waals surface area contributed by atoms with Gasteiger partial charge in [-0.05, 0) is 18.2 Å². The normalized spacial score (nSPS) is 13.1. The summed E-state index contributed by atoms with van der Waals surface area (Å²) in [5.41, 5.74) is 0. The molecule has 0 fully saturated rings. The maximum Gasteiger partial charge on any atom is -0.0187 e. The zero-order chi connectivity index (χ0) is 6.41. The molecule has 0 aromatic heterocycles. The topological polar surface area (TPSA) is 0 Å². The van der Waals surface area contributed by atoms with Crippen LogP contribution in [0.5, 0.6) is 0 Å². The van der Waals surface area contributed by atoms with Gasteiger partial charge in [0.1, 0.15) is 0 Å². The first kappa shape index (κ1) is 7.83. The van der Waals surface area contributed by atoms with E-state index in [0.29, 0.717) is 0 Å². The molecule has 0 nitrogen and oxygen atoms in total. The molecule has 0 aliphatic carbocycles. The van der Waals surface area contributed by atoms with Crippen molar-refractivity contribution in [3.8, 4) is 0 Å². The smallest absolute Gasteiger partial charge is 0.0187 e. The Balaban J connectivity index is 3.57. The van der Waals surface area contributed by atoms with Gasteiger partial charge >= 0.3 is 0 Å². The number of rotatable bonds is 2. The lowest BCUT2D eigenvalue weighted by Gasteiger charge is -1.85. The molecular weight excluding hydrogens is 116 g/mol. The van der Waals surface area contributed by atoms with Gasteiger partial charge in [0.25, 0.3) is 0 Å². The minimum absolute atomic E-state index is 1.02. The molecule has 0 aromatic rings. The van der Waals surface area contributed by atoms with Gasteiger partial charge in [0, 0.05) is 0 Å². The van der Waals surface area contributed by atoms with E-state index in [9.17, 15) is 0 Å². The minimum Gasteiger partial charge on any atom is -0.148 e. The van der Waals surface area contributed by atoms with Crippen molar-refractivity contribution in [3.63, 3.8) is 0 Å². The molecule has 0 radical (unpaired) electrons. The molecule has 0 spiro atoms. The van der Waals surface area contributed by atoms with Gasteiger partial charge in [-0.1, -0.05) is 25.2 Å². The molecular formula is C7H12S. The average Bonchev–Trinajstić information content (AvgIpc) is 1.83. The maximum atomic E-state index is 4.17. The summed E-state index contributed by atoms with van der Waals surface area (Å²) in [5, 5.41) is 0. The predicted octanol–water partition coefficient (Wildman–Crippen LogP) is 2.79. The summed E-state index contributed by atoms with van der Waals surface area (Å²) < 4.78 is 0. The molecule has 0 aliphatic rings. The van der Waals surface area contributed by atoms with Gasteiger partial charge < -0.3 is 0 Å². The van der Waals surface area contributed by atoms with Crippen LogP contribution < -0.4 is 0 Å². The number of hydrogen-bond acceptors (Lipinski definition) is 1. The van der Waals surface area contributed by atoms with E-state index in [4.69, 9.17) is 0 Å². The molecule has 0 atom stereocenters. The molecule has 0 aliphatic heterocycles. The van der Waals surface area contributed by atoms with Crippen molar-refractivity contribution in [2.24, 2.45) is 0 Å². The summed E-state index contributed by atoms with van der Waals surface area (Å²) in [4.78, 5) is 1.13. The third-order valence-electron chi connectivity index (χ3n) is 0.843. The molecule has 0 N–H and O–H groups in total. The Hall–Kier alpha value is -0.170. The van der Waals surface area contributed by atoms with E-state index in [1.165, 1.54) is 0 Å². The highest BCUT2D eigenvalue weighted by atomic mass is 32.1. The zero-order valence-corrected chi connectivity index (χ0v) is 6.28. The lowest BCUT2D eigenvalue weighted by Crippen LogP contribution is -1.61. The van der Waals surface area contributed by atoms with E-state index in [1.807, 2.05) is 25.2 Å². The molecule has 8 heavy (non-hydrogen) atoms. The van der Waals surface area contributed by atoms with E-state index in [2.05, 4.69) is 19.6 Å². The second kappa shape index (κ2) is 4.98. The fraction of sp³-hybridized carbons (Fsp3) is 0.429. The summed E-state index contributed by atoms with van der Waals surface area (Å²) in [6.45, 7) is 4.08. The van der Waals surface area contributed by atoms with E-state index < -0.39 is 0 Å². The SMILES string of the molecule is C/C=C\C=C(\S)CC. The second-order valence-electron chi connectivity index (χ2n) is 1.54. The van der Waals surface area contributed by atoms with Gasteiger partial charge in [0.15, 0.2) is 0 Å². The fourth-order valence-electron chi connectivity index (χ4n) is 0.325. The Bertz CT molecular complexity index is 101. The van der Waals surface area contributed by atoms with Crippen molar-refractivity contribution < 1.29 is 0 Å². The number of thiol groups is 1. The van der Waals surface area contributed by atoms with Crippen LogP contribution in [0.2, 0.25) is 0 Å². The van der Waals surface area contributed by atoms with E-state index in [-0.39, 0.29) is 0 Å². The Morgan fingerprint density at radius 1 is 1.62 bits per heavy atom. The van der Waals surface area contributed by atoms with Gasteiger partial charge in [0.05, 0.1) is 0 Å². The van der Waals surface area contributed by atoms with Crippen LogP contribution in [-0.4, -0.2) is 0 Å². The van der Waals surface area contributed by atoms with Crippen molar-refractivity contribution in [1.29, 1.82) is 0 Å². The summed E-state index contributed by atoms with van der Waals surface area (Å²) in [6, 6.07) is 0. The summed E-state index contributed by atoms with van der Waals surface area (Å²) in [6.07, 6.45) is 7.01. The van der Waals surface area contributed by atoms with Gasteiger partial charge in [-0.3, -0.25) is 0 Å². The highest BCUT2D eigenvalue weighted by Gasteiger charge is 1.76. The molecule has 0 saturated carbocycles. The number of allylic oxidation sites excluding steroid dienone is 4. The third-order valence-corrected chi connectivity index (χ3v) is 1.31. The van der Waals surface area contributed by atoms with Crippen molar-refractivity contribution >= 4 is 12.6 Å². The minimum atomic E-state index is 1.02. The van der Waals surface area contributed by atoms with Crippen LogP contribution in [0.15, 0.2) is 23.1 Å². The van der Waals surface area contributed by atoms with Crippen LogP contribution in [0.3, 0.4) is 0 Å². The Morgan fingerprint density at radius 3 is 2.62 bits per heavy atom. The molecule has 0 saturated heterocycles. The van der Waals surface area contributed by atoms with Gasteiger partial charge in [0.2, 0.25) is 0 Å². The number of hydrogen-bond donors (Lipinski definition) is 1. The van der Waals surface area contributed by atoms with Crippen LogP contribution in [0.4, 0.5) is 0 Å². The van der Waals surface area contributed by atoms with E-state index >= 15 is 0 Å². The largest absolute Gasteiger partial charge is 0.148 e. The van der Waals surface area contributed by atoms with Crippen molar-refractivity contribution in [3.05, 3.63) is 23.1 Å². The van der Waals surface area contributed by atoms with Crippen LogP contribution in [0.25, 0.3) is 0 Å². The highest BCUT2D eigenvalue weighted by molar-refractivity contribution is 7.84. The molecule has 0 rings (SSSR count). The molecule has 0 amide bonds. The highest BCUT2D eigenvalue weighted by Crippen LogP contribution is 2.03. The van der Waals surface area contributed by atoms with Crippen LogP contribution >= 0.6 is 12.6 Å². The standard InChI is InChI=1S/C7H12S/c1-3-5-6-7(8)4-2/h3,5-6,8H,4H2,1-2H3/b5-3-,7-6+. The van der Waals surface area contributed by atoms with Crippen molar-refractivity contribution in [2.75, 3.05) is 0 Å². The lowest BCUT2D eigenvalue weighted by atomic mass is 10.4. The summed E-state index contributed by atoms with van der Waals surface area (Å²) >= 11 is 4.17. The first-order valence-electron chi connectivity index (χ1n) is 2.82. The molecule has 1 heteroatoms. The Morgan fingerprint density at radius 2 is 2.25 bits per heavy atom. The second-order valence-corrected chi connectivity index (χ2v) is 2.11. The predicted molar refractivity (Wildman–Crippen MR) is 42.2 cm³/mol. The Kier molecular flexibility index (Phi) is 4.87. The molecule has 0 aromatic carbocycles. The van der Waals surface area contributed by atoms with Crippen molar-refractivity contribution in [1.82, 2.24) is 0 Å². The van der Waals surface area contributed by atoms with Gasteiger partial charge in [-0.15, -0.1) is 12.6 Å². The molecule has 46 valence electrons. The quantitative estimate of drug-likeness (QED) is 0.429. The monoisotopic (exact) mass is 128 g/mol. The van der Waals surface area contributed by atoms with Gasteiger partial charge in [-0.2, -0.15) is 0 Å². The van der Waals surface area contributed by atoms with E-state index in [0.717, 1.165) is 11.3 Å². The Labute approximate surface area is 56.7 Å². The third kappa shape index (κ3) is 4.00. The summed E-state index contributed by atoms with van der Waals surface area (Å²) in [7, 11) is 0.